The highest BCUT2D eigenvalue weighted by atomic mass is 16.5. The maximum absolute atomic E-state index is 13.0. The van der Waals surface area contributed by atoms with Gasteiger partial charge in [0.1, 0.15) is 34.5 Å². The highest BCUT2D eigenvalue weighted by molar-refractivity contribution is 5.98. The van der Waals surface area contributed by atoms with Crippen LogP contribution in [0, 0.1) is 0 Å². The summed E-state index contributed by atoms with van der Waals surface area (Å²) in [6.45, 7) is -0.297. The molecule has 0 saturated heterocycles. The van der Waals surface area contributed by atoms with E-state index in [1.54, 1.807) is 49.6 Å². The smallest absolute Gasteiger partial charge is 0.204 e. The summed E-state index contributed by atoms with van der Waals surface area (Å²) in [4.78, 5) is 25.6. The van der Waals surface area contributed by atoms with Gasteiger partial charge in [-0.15, -0.1) is 0 Å². The molecule has 0 aliphatic heterocycles. The van der Waals surface area contributed by atoms with E-state index in [2.05, 4.69) is 0 Å². The predicted molar refractivity (Wildman–Crippen MR) is 126 cm³/mol. The van der Waals surface area contributed by atoms with Crippen molar-refractivity contribution < 1.29 is 33.3 Å². The van der Waals surface area contributed by atoms with E-state index < -0.39 is 5.43 Å². The monoisotopic (exact) mass is 462 g/mol. The van der Waals surface area contributed by atoms with E-state index in [0.717, 1.165) is 0 Å². The number of hydrogen-bond donors (Lipinski definition) is 1. The molecule has 3 aromatic carbocycles. The number of fused-ring (bicyclic) bond motifs is 1. The van der Waals surface area contributed by atoms with Crippen molar-refractivity contribution in [1.29, 1.82) is 0 Å². The SMILES string of the molecule is COc1ccc(-c2coc3cc(OCC(=O)c4ccc(OC)c(OC)c4)cc(O)c3c2=O)cc1. The topological polar surface area (TPSA) is 104 Å². The van der Waals surface area contributed by atoms with Crippen LogP contribution in [0.15, 0.2) is 70.1 Å². The minimum atomic E-state index is -0.392. The third-order valence-electron chi connectivity index (χ3n) is 5.31. The first-order chi connectivity index (χ1) is 16.4. The molecule has 8 heteroatoms. The fourth-order valence-electron chi connectivity index (χ4n) is 3.50. The van der Waals surface area contributed by atoms with Crippen LogP contribution < -0.4 is 24.4 Å². The Morgan fingerprint density at radius 3 is 2.29 bits per heavy atom. The van der Waals surface area contributed by atoms with Gasteiger partial charge in [-0.25, -0.2) is 0 Å². The molecular formula is C26H22O8. The average Bonchev–Trinajstić information content (AvgIpc) is 2.86. The van der Waals surface area contributed by atoms with Crippen molar-refractivity contribution in [3.63, 3.8) is 0 Å². The normalized spacial score (nSPS) is 10.7. The first-order valence-electron chi connectivity index (χ1n) is 10.3. The number of carbonyl (C=O) groups excluding carboxylic acids is 1. The molecule has 0 radical (unpaired) electrons. The molecule has 0 bridgehead atoms. The number of ketones is 1. The Kier molecular flexibility index (Phi) is 6.40. The number of phenols is 1. The minimum absolute atomic E-state index is 0.0203. The summed E-state index contributed by atoms with van der Waals surface area (Å²) in [5.74, 6) is 1.14. The van der Waals surface area contributed by atoms with Crippen LogP contribution in [0.3, 0.4) is 0 Å². The summed E-state index contributed by atoms with van der Waals surface area (Å²) >= 11 is 0. The number of phenolic OH excluding ortho intramolecular Hbond substituents is 1. The van der Waals surface area contributed by atoms with Gasteiger partial charge in [0.2, 0.25) is 5.43 Å². The minimum Gasteiger partial charge on any atom is -0.507 e. The molecule has 0 saturated carbocycles. The van der Waals surface area contributed by atoms with Crippen molar-refractivity contribution in [2.75, 3.05) is 27.9 Å². The summed E-state index contributed by atoms with van der Waals surface area (Å²) in [6.07, 6.45) is 1.32. The second kappa shape index (κ2) is 9.58. The van der Waals surface area contributed by atoms with E-state index in [1.807, 2.05) is 0 Å². The van der Waals surface area contributed by atoms with Gasteiger partial charge in [0.25, 0.3) is 0 Å². The summed E-state index contributed by atoms with van der Waals surface area (Å²) < 4.78 is 26.7. The fourth-order valence-corrected chi connectivity index (χ4v) is 3.50. The van der Waals surface area contributed by atoms with E-state index in [-0.39, 0.29) is 34.9 Å². The zero-order chi connectivity index (χ0) is 24.2. The second-order valence-corrected chi connectivity index (χ2v) is 7.30. The molecule has 1 aromatic heterocycles. The van der Waals surface area contributed by atoms with E-state index in [0.29, 0.717) is 33.9 Å². The van der Waals surface area contributed by atoms with Crippen LogP contribution >= 0.6 is 0 Å². The quantitative estimate of drug-likeness (QED) is 0.383. The Morgan fingerprint density at radius 2 is 1.62 bits per heavy atom. The molecule has 0 unspecified atom stereocenters. The van der Waals surface area contributed by atoms with Crippen molar-refractivity contribution in [2.45, 2.75) is 0 Å². The van der Waals surface area contributed by atoms with E-state index in [1.165, 1.54) is 32.6 Å². The fraction of sp³-hybridized carbons (Fsp3) is 0.154. The number of ether oxygens (including phenoxy) is 4. The Bertz CT molecular complexity index is 1400. The Hall–Kier alpha value is -4.46. The first kappa shape index (κ1) is 22.7. The Labute approximate surface area is 194 Å². The molecule has 0 atom stereocenters. The maximum atomic E-state index is 13.0. The Balaban J connectivity index is 1.57. The molecule has 174 valence electrons. The molecule has 0 fully saturated rings. The summed E-state index contributed by atoms with van der Waals surface area (Å²) in [5.41, 5.74) is 1.03. The van der Waals surface area contributed by atoms with Crippen LogP contribution in [0.25, 0.3) is 22.1 Å². The summed E-state index contributed by atoms with van der Waals surface area (Å²) in [6, 6.07) is 14.4. The summed E-state index contributed by atoms with van der Waals surface area (Å²) in [5, 5.41) is 10.5. The third-order valence-corrected chi connectivity index (χ3v) is 5.31. The van der Waals surface area contributed by atoms with Crippen molar-refractivity contribution in [1.82, 2.24) is 0 Å². The average molecular weight is 462 g/mol. The molecule has 0 aliphatic rings. The highest BCUT2D eigenvalue weighted by Crippen LogP contribution is 2.31. The van der Waals surface area contributed by atoms with Gasteiger partial charge in [0, 0.05) is 17.7 Å². The van der Waals surface area contributed by atoms with Gasteiger partial charge in [0.05, 0.1) is 26.9 Å². The van der Waals surface area contributed by atoms with Gasteiger partial charge in [-0.2, -0.15) is 0 Å². The largest absolute Gasteiger partial charge is 0.507 e. The summed E-state index contributed by atoms with van der Waals surface area (Å²) in [7, 11) is 4.54. The number of methoxy groups -OCH3 is 3. The zero-order valence-corrected chi connectivity index (χ0v) is 18.8. The lowest BCUT2D eigenvalue weighted by Crippen LogP contribution is -2.12. The van der Waals surface area contributed by atoms with Crippen molar-refractivity contribution in [3.8, 4) is 39.9 Å². The molecule has 4 aromatic rings. The van der Waals surface area contributed by atoms with Crippen LogP contribution in [0.5, 0.6) is 28.7 Å². The predicted octanol–water partition coefficient (Wildman–Crippen LogP) is 4.45. The molecule has 34 heavy (non-hydrogen) atoms. The van der Waals surface area contributed by atoms with Crippen LogP contribution in [0.1, 0.15) is 10.4 Å². The first-order valence-corrected chi connectivity index (χ1v) is 10.3. The molecular weight excluding hydrogens is 440 g/mol. The third kappa shape index (κ3) is 4.38. The van der Waals surface area contributed by atoms with Gasteiger partial charge in [-0.1, -0.05) is 12.1 Å². The number of Topliss-reactive ketones (excluding diaryl/α,β-unsaturated/α-hetero) is 1. The lowest BCUT2D eigenvalue weighted by molar-refractivity contribution is 0.0921. The molecule has 0 amide bonds. The molecule has 8 nitrogen and oxygen atoms in total. The zero-order valence-electron chi connectivity index (χ0n) is 18.8. The van der Waals surface area contributed by atoms with Gasteiger partial charge >= 0.3 is 0 Å². The number of hydrogen-bond acceptors (Lipinski definition) is 8. The van der Waals surface area contributed by atoms with Crippen molar-refractivity contribution in [2.24, 2.45) is 0 Å². The van der Waals surface area contributed by atoms with Crippen molar-refractivity contribution >= 4 is 16.8 Å². The molecule has 1 heterocycles. The van der Waals surface area contributed by atoms with Crippen LogP contribution in [-0.2, 0) is 0 Å². The van der Waals surface area contributed by atoms with Crippen molar-refractivity contribution in [3.05, 3.63) is 76.6 Å². The number of carbonyl (C=O) groups is 1. The van der Waals surface area contributed by atoms with Gasteiger partial charge in [-0.3, -0.25) is 9.59 Å². The van der Waals surface area contributed by atoms with E-state index >= 15 is 0 Å². The lowest BCUT2D eigenvalue weighted by Gasteiger charge is -2.11. The van der Waals surface area contributed by atoms with Gasteiger partial charge < -0.3 is 28.5 Å². The molecule has 1 N–H and O–H groups in total. The van der Waals surface area contributed by atoms with E-state index in [9.17, 15) is 14.7 Å². The van der Waals surface area contributed by atoms with E-state index in [4.69, 9.17) is 23.4 Å². The number of aromatic hydroxyl groups is 1. The standard InChI is InChI=1S/C26H22O8/c1-30-17-7-4-15(5-8-17)19-13-34-24-12-18(11-20(27)25(24)26(19)29)33-14-21(28)16-6-9-22(31-2)23(10-16)32-3/h4-13,27H,14H2,1-3H3. The highest BCUT2D eigenvalue weighted by Gasteiger charge is 2.16. The maximum Gasteiger partial charge on any atom is 0.204 e. The van der Waals surface area contributed by atoms with Gasteiger partial charge in [0.15, 0.2) is 23.9 Å². The lowest BCUT2D eigenvalue weighted by atomic mass is 10.0. The molecule has 0 aliphatic carbocycles. The number of benzene rings is 3. The van der Waals surface area contributed by atoms with Crippen LogP contribution in [0.2, 0.25) is 0 Å². The van der Waals surface area contributed by atoms with Gasteiger partial charge in [-0.05, 0) is 35.9 Å². The number of rotatable bonds is 8. The second-order valence-electron chi connectivity index (χ2n) is 7.30. The molecule has 4 rings (SSSR count). The molecule has 0 spiro atoms. The van der Waals surface area contributed by atoms with Crippen LogP contribution in [0.4, 0.5) is 0 Å². The van der Waals surface area contributed by atoms with Crippen LogP contribution in [-0.4, -0.2) is 38.8 Å². The Morgan fingerprint density at radius 1 is 0.882 bits per heavy atom.